The second-order valence-electron chi connectivity index (χ2n) is 11.5. The van der Waals surface area contributed by atoms with Crippen LogP contribution in [0.4, 0.5) is 17.1 Å². The maximum Gasteiger partial charge on any atom is 0.154 e. The zero-order valence-corrected chi connectivity index (χ0v) is 26.2. The number of aryl methyl sites for hydroxylation is 4. The van der Waals surface area contributed by atoms with Crippen LogP contribution in [0.5, 0.6) is 5.75 Å². The fourth-order valence-corrected chi connectivity index (χ4v) is 5.16. The minimum absolute atomic E-state index is 0.174. The largest absolute Gasteiger partial charge is 0.491 e. The third-order valence-electron chi connectivity index (χ3n) is 7.85. The molecule has 4 nitrogen and oxygen atoms in total. The van der Waals surface area contributed by atoms with Crippen LogP contribution in [0.3, 0.4) is 0 Å². The van der Waals surface area contributed by atoms with Gasteiger partial charge in [-0.2, -0.15) is 0 Å². The van der Waals surface area contributed by atoms with Gasteiger partial charge in [0.25, 0.3) is 0 Å². The Hall–Kier alpha value is -4.38. The zero-order chi connectivity index (χ0) is 30.9. The van der Waals surface area contributed by atoms with Crippen LogP contribution in [-0.4, -0.2) is 24.1 Å². The highest BCUT2D eigenvalue weighted by molar-refractivity contribution is 5.78. The Bertz CT molecular complexity index is 1580. The van der Waals surface area contributed by atoms with Crippen LogP contribution in [0.15, 0.2) is 121 Å². The molecule has 0 saturated heterocycles. The first-order valence-corrected chi connectivity index (χ1v) is 15.6. The highest BCUT2D eigenvalue weighted by Gasteiger charge is 2.13. The molecule has 226 valence electrons. The molecule has 0 fully saturated rings. The maximum absolute atomic E-state index is 9.64. The summed E-state index contributed by atoms with van der Waals surface area (Å²) in [6, 6.07) is 43.4. The van der Waals surface area contributed by atoms with Crippen molar-refractivity contribution in [2.75, 3.05) is 11.5 Å². The van der Waals surface area contributed by atoms with Gasteiger partial charge in [0, 0.05) is 17.1 Å². The van der Waals surface area contributed by atoms with Crippen LogP contribution in [0, 0.1) is 13.8 Å². The van der Waals surface area contributed by atoms with Gasteiger partial charge in [0.2, 0.25) is 0 Å². The van der Waals surface area contributed by atoms with E-state index in [2.05, 4.69) is 128 Å². The summed E-state index contributed by atoms with van der Waals surface area (Å²) in [7, 11) is 0. The molecule has 0 radical (unpaired) electrons. The fraction of sp³-hybridized carbons (Fsp3) is 0.250. The standard InChI is InChI=1S/C40H43NO3/c1-5-40(42)44-31(4)28-43-39-26-14-33(15-27-39)11-10-32-12-22-37(23-13-32)41(36-20-8-30(3)9-21-36)38-24-18-35(19-25-38)34-16-6-29(2)7-17-34/h6-9,12-27,31,40,42H,5,10-11,28H2,1-4H3. The molecule has 0 aliphatic heterocycles. The van der Waals surface area contributed by atoms with Gasteiger partial charge in [-0.1, -0.05) is 90.8 Å². The highest BCUT2D eigenvalue weighted by Crippen LogP contribution is 2.36. The van der Waals surface area contributed by atoms with Gasteiger partial charge >= 0.3 is 0 Å². The molecule has 5 rings (SSSR count). The quantitative estimate of drug-likeness (QED) is 0.140. The minimum atomic E-state index is -0.744. The highest BCUT2D eigenvalue weighted by atomic mass is 16.6. The molecule has 0 heterocycles. The summed E-state index contributed by atoms with van der Waals surface area (Å²) in [6.45, 7) is 8.43. The molecular formula is C40H43NO3. The molecule has 0 saturated carbocycles. The van der Waals surface area contributed by atoms with Crippen LogP contribution >= 0.6 is 0 Å². The predicted octanol–water partition coefficient (Wildman–Crippen LogP) is 9.74. The van der Waals surface area contributed by atoms with E-state index in [-0.39, 0.29) is 6.10 Å². The molecule has 5 aromatic rings. The molecule has 4 heteroatoms. The molecule has 2 unspecified atom stereocenters. The molecule has 1 N–H and O–H groups in total. The van der Waals surface area contributed by atoms with Crippen molar-refractivity contribution in [2.45, 2.75) is 59.4 Å². The Labute approximate surface area is 262 Å². The van der Waals surface area contributed by atoms with E-state index in [9.17, 15) is 5.11 Å². The maximum atomic E-state index is 9.64. The SMILES string of the molecule is CCC(O)OC(C)COc1ccc(CCc2ccc(N(c3ccc(C)cc3)c3ccc(-c4ccc(C)cc4)cc3)cc2)cc1. The van der Waals surface area contributed by atoms with Crippen LogP contribution in [0.2, 0.25) is 0 Å². The van der Waals surface area contributed by atoms with Gasteiger partial charge in [-0.3, -0.25) is 0 Å². The van der Waals surface area contributed by atoms with Gasteiger partial charge < -0.3 is 19.5 Å². The molecule has 0 amide bonds. The van der Waals surface area contributed by atoms with Crippen molar-refractivity contribution in [3.05, 3.63) is 144 Å². The van der Waals surface area contributed by atoms with Crippen LogP contribution in [-0.2, 0) is 17.6 Å². The van der Waals surface area contributed by atoms with Crippen molar-refractivity contribution in [1.29, 1.82) is 0 Å². The van der Waals surface area contributed by atoms with Crippen LogP contribution < -0.4 is 9.64 Å². The number of hydrogen-bond acceptors (Lipinski definition) is 4. The molecule has 0 spiro atoms. The fourth-order valence-electron chi connectivity index (χ4n) is 5.16. The van der Waals surface area contributed by atoms with Crippen molar-refractivity contribution >= 4 is 17.1 Å². The second kappa shape index (κ2) is 14.9. The van der Waals surface area contributed by atoms with Crippen molar-refractivity contribution in [2.24, 2.45) is 0 Å². The Kier molecular flexibility index (Phi) is 10.5. The summed E-state index contributed by atoms with van der Waals surface area (Å²) < 4.78 is 11.3. The molecule has 0 aliphatic rings. The Balaban J connectivity index is 1.25. The summed E-state index contributed by atoms with van der Waals surface area (Å²) in [6.07, 6.45) is 1.55. The lowest BCUT2D eigenvalue weighted by Crippen LogP contribution is -2.24. The van der Waals surface area contributed by atoms with E-state index < -0.39 is 6.29 Å². The number of benzene rings is 5. The zero-order valence-electron chi connectivity index (χ0n) is 26.2. The lowest BCUT2D eigenvalue weighted by molar-refractivity contribution is -0.139. The monoisotopic (exact) mass is 585 g/mol. The summed E-state index contributed by atoms with van der Waals surface area (Å²) in [4.78, 5) is 2.32. The van der Waals surface area contributed by atoms with E-state index in [4.69, 9.17) is 9.47 Å². The van der Waals surface area contributed by atoms with Gasteiger partial charge in [-0.15, -0.1) is 0 Å². The summed E-state index contributed by atoms with van der Waals surface area (Å²) in [5, 5.41) is 9.64. The Morgan fingerprint density at radius 3 is 1.50 bits per heavy atom. The summed E-state index contributed by atoms with van der Waals surface area (Å²) in [5.74, 6) is 0.808. The number of rotatable bonds is 13. The van der Waals surface area contributed by atoms with E-state index in [1.54, 1.807) is 0 Å². The first-order valence-electron chi connectivity index (χ1n) is 15.6. The van der Waals surface area contributed by atoms with Gasteiger partial charge in [0.1, 0.15) is 12.4 Å². The first-order chi connectivity index (χ1) is 21.4. The number of hydrogen-bond donors (Lipinski definition) is 1. The minimum Gasteiger partial charge on any atom is -0.491 e. The van der Waals surface area contributed by atoms with E-state index in [0.717, 1.165) is 35.7 Å². The lowest BCUT2D eigenvalue weighted by Gasteiger charge is -2.26. The van der Waals surface area contributed by atoms with E-state index in [0.29, 0.717) is 13.0 Å². The first kappa shape index (κ1) is 31.1. The van der Waals surface area contributed by atoms with E-state index >= 15 is 0 Å². The lowest BCUT2D eigenvalue weighted by atomic mass is 10.0. The molecule has 0 aliphatic carbocycles. The Morgan fingerprint density at radius 2 is 1.00 bits per heavy atom. The van der Waals surface area contributed by atoms with Crippen LogP contribution in [0.1, 0.15) is 42.5 Å². The number of aliphatic hydroxyl groups is 1. The van der Waals surface area contributed by atoms with Gasteiger partial charge in [0.05, 0.1) is 6.10 Å². The van der Waals surface area contributed by atoms with Gasteiger partial charge in [0.15, 0.2) is 6.29 Å². The van der Waals surface area contributed by atoms with E-state index in [1.165, 1.54) is 33.4 Å². The van der Waals surface area contributed by atoms with Crippen molar-refractivity contribution in [3.8, 4) is 16.9 Å². The molecular weight excluding hydrogens is 542 g/mol. The molecule has 0 aromatic heterocycles. The molecule has 44 heavy (non-hydrogen) atoms. The number of anilines is 3. The van der Waals surface area contributed by atoms with Gasteiger partial charge in [-0.05, 0) is 111 Å². The van der Waals surface area contributed by atoms with Gasteiger partial charge in [-0.25, -0.2) is 0 Å². The predicted molar refractivity (Wildman–Crippen MR) is 182 cm³/mol. The van der Waals surface area contributed by atoms with E-state index in [1.807, 2.05) is 26.0 Å². The average Bonchev–Trinajstić information content (AvgIpc) is 3.05. The van der Waals surface area contributed by atoms with Crippen molar-refractivity contribution in [3.63, 3.8) is 0 Å². The molecule has 2 atom stereocenters. The average molecular weight is 586 g/mol. The second-order valence-corrected chi connectivity index (χ2v) is 11.5. The van der Waals surface area contributed by atoms with Crippen molar-refractivity contribution in [1.82, 2.24) is 0 Å². The normalized spacial score (nSPS) is 12.5. The topological polar surface area (TPSA) is 41.9 Å². The van der Waals surface area contributed by atoms with Crippen LogP contribution in [0.25, 0.3) is 11.1 Å². The smallest absolute Gasteiger partial charge is 0.154 e. The third kappa shape index (κ3) is 8.37. The summed E-state index contributed by atoms with van der Waals surface area (Å²) in [5.41, 5.74) is 10.9. The molecule has 5 aromatic carbocycles. The summed E-state index contributed by atoms with van der Waals surface area (Å²) >= 11 is 0. The number of ether oxygens (including phenoxy) is 2. The third-order valence-corrected chi connectivity index (χ3v) is 7.85. The number of nitrogens with zero attached hydrogens (tertiary/aromatic N) is 1. The molecule has 0 bridgehead atoms. The van der Waals surface area contributed by atoms with Crippen molar-refractivity contribution < 1.29 is 14.6 Å². The number of aliphatic hydroxyl groups excluding tert-OH is 1. The Morgan fingerprint density at radius 1 is 0.591 bits per heavy atom.